The molecule has 0 saturated carbocycles. The molecule has 0 saturated heterocycles. The molecule has 0 bridgehead atoms. The van der Waals surface area contributed by atoms with Crippen molar-refractivity contribution < 1.29 is 18.7 Å². The molecule has 0 atom stereocenters. The largest absolute Gasteiger partial charge is 0.465 e. The summed E-state index contributed by atoms with van der Waals surface area (Å²) >= 11 is 0. The molecule has 0 spiro atoms. The van der Waals surface area contributed by atoms with E-state index in [1.807, 2.05) is 0 Å². The molecule has 0 radical (unpaired) electrons. The summed E-state index contributed by atoms with van der Waals surface area (Å²) in [5.41, 5.74) is 0.663. The number of hydrogen-bond acceptors (Lipinski definition) is 3. The van der Waals surface area contributed by atoms with Crippen molar-refractivity contribution in [3.8, 4) is 0 Å². The smallest absolute Gasteiger partial charge is 0.337 e. The maximum absolute atomic E-state index is 13.1. The predicted octanol–water partition coefficient (Wildman–Crippen LogP) is 2.21. The normalized spacial score (nSPS) is 10.4. The molecule has 1 aromatic rings. The van der Waals surface area contributed by atoms with Crippen LogP contribution in [0.25, 0.3) is 6.08 Å². The van der Waals surface area contributed by atoms with E-state index in [2.05, 4.69) is 4.74 Å². The predicted molar refractivity (Wildman–Crippen MR) is 57.5 cm³/mol. The molecule has 16 heavy (non-hydrogen) atoms. The first-order valence-corrected chi connectivity index (χ1v) is 4.66. The first-order chi connectivity index (χ1) is 7.67. The standard InChI is InChI=1S/C12H11FO3/c1-16-12(15)10-6-9(4-2-3-5-14)7-11(13)8-10/h2,4-8H,3H2,1H3. The van der Waals surface area contributed by atoms with Gasteiger partial charge in [0.15, 0.2) is 0 Å². The zero-order chi connectivity index (χ0) is 12.0. The molecule has 1 rings (SSSR count). The number of allylic oxidation sites excluding steroid dienone is 1. The van der Waals surface area contributed by atoms with Crippen molar-refractivity contribution in [3.05, 3.63) is 41.2 Å². The van der Waals surface area contributed by atoms with Crippen molar-refractivity contribution >= 4 is 18.3 Å². The molecule has 0 amide bonds. The summed E-state index contributed by atoms with van der Waals surface area (Å²) in [6.07, 6.45) is 4.15. The zero-order valence-electron chi connectivity index (χ0n) is 8.77. The van der Waals surface area contributed by atoms with Gasteiger partial charge in [-0.25, -0.2) is 9.18 Å². The maximum atomic E-state index is 13.1. The van der Waals surface area contributed by atoms with E-state index < -0.39 is 11.8 Å². The van der Waals surface area contributed by atoms with Gasteiger partial charge in [0.2, 0.25) is 0 Å². The third kappa shape index (κ3) is 3.31. The van der Waals surface area contributed by atoms with E-state index in [1.54, 1.807) is 12.2 Å². The summed E-state index contributed by atoms with van der Waals surface area (Å²) in [7, 11) is 1.23. The van der Waals surface area contributed by atoms with Gasteiger partial charge in [-0.15, -0.1) is 0 Å². The van der Waals surface area contributed by atoms with Crippen LogP contribution in [0.15, 0.2) is 24.3 Å². The molecule has 0 aliphatic carbocycles. The molecular weight excluding hydrogens is 211 g/mol. The average Bonchev–Trinajstić information content (AvgIpc) is 2.27. The Morgan fingerprint density at radius 3 is 2.81 bits per heavy atom. The molecular formula is C12H11FO3. The number of carbonyl (C=O) groups excluding carboxylic acids is 2. The number of rotatable bonds is 4. The Morgan fingerprint density at radius 2 is 2.19 bits per heavy atom. The van der Waals surface area contributed by atoms with Gasteiger partial charge < -0.3 is 9.53 Å². The fraction of sp³-hybridized carbons (Fsp3) is 0.167. The van der Waals surface area contributed by atoms with E-state index in [4.69, 9.17) is 0 Å². The monoisotopic (exact) mass is 222 g/mol. The third-order valence-corrected chi connectivity index (χ3v) is 1.88. The van der Waals surface area contributed by atoms with Crippen LogP contribution in [-0.4, -0.2) is 19.4 Å². The molecule has 0 fully saturated rings. The minimum Gasteiger partial charge on any atom is -0.465 e. The number of carbonyl (C=O) groups is 2. The Morgan fingerprint density at radius 1 is 1.44 bits per heavy atom. The lowest BCUT2D eigenvalue weighted by atomic mass is 10.1. The first kappa shape index (κ1) is 12.1. The number of methoxy groups -OCH3 is 1. The van der Waals surface area contributed by atoms with E-state index >= 15 is 0 Å². The molecule has 4 heteroatoms. The Balaban J connectivity index is 2.98. The van der Waals surface area contributed by atoms with Gasteiger partial charge in [0, 0.05) is 6.42 Å². The van der Waals surface area contributed by atoms with Crippen LogP contribution < -0.4 is 0 Å². The fourth-order valence-corrected chi connectivity index (χ4v) is 1.20. The summed E-state index contributed by atoms with van der Waals surface area (Å²) in [6, 6.07) is 3.87. The molecule has 0 aliphatic heterocycles. The number of benzene rings is 1. The van der Waals surface area contributed by atoms with Gasteiger partial charge in [-0.1, -0.05) is 12.2 Å². The quantitative estimate of drug-likeness (QED) is 0.579. The topological polar surface area (TPSA) is 43.4 Å². The maximum Gasteiger partial charge on any atom is 0.337 e. The summed E-state index contributed by atoms with van der Waals surface area (Å²) in [5, 5.41) is 0. The van der Waals surface area contributed by atoms with Crippen LogP contribution in [-0.2, 0) is 9.53 Å². The molecule has 0 heterocycles. The van der Waals surface area contributed by atoms with Crippen LogP contribution in [0, 0.1) is 5.82 Å². The van der Waals surface area contributed by atoms with E-state index in [1.165, 1.54) is 19.2 Å². The second kappa shape index (κ2) is 5.80. The van der Waals surface area contributed by atoms with Crippen molar-refractivity contribution in [2.45, 2.75) is 6.42 Å². The molecule has 0 aliphatic rings. The lowest BCUT2D eigenvalue weighted by Gasteiger charge is -2.01. The summed E-state index contributed by atoms with van der Waals surface area (Å²) in [6.45, 7) is 0. The van der Waals surface area contributed by atoms with Gasteiger partial charge in [-0.2, -0.15) is 0 Å². The third-order valence-electron chi connectivity index (χ3n) is 1.88. The molecule has 84 valence electrons. The number of aldehydes is 1. The van der Waals surface area contributed by atoms with Gasteiger partial charge in [0.1, 0.15) is 12.1 Å². The number of halogens is 1. The van der Waals surface area contributed by atoms with E-state index in [0.29, 0.717) is 5.56 Å². The highest BCUT2D eigenvalue weighted by atomic mass is 19.1. The van der Waals surface area contributed by atoms with Gasteiger partial charge >= 0.3 is 5.97 Å². The van der Waals surface area contributed by atoms with Crippen molar-refractivity contribution in [1.29, 1.82) is 0 Å². The molecule has 1 aromatic carbocycles. The van der Waals surface area contributed by atoms with E-state index in [0.717, 1.165) is 12.4 Å². The Bertz CT molecular complexity index is 424. The molecule has 0 unspecified atom stereocenters. The molecule has 0 aromatic heterocycles. The first-order valence-electron chi connectivity index (χ1n) is 4.66. The van der Waals surface area contributed by atoms with E-state index in [9.17, 15) is 14.0 Å². The van der Waals surface area contributed by atoms with Gasteiger partial charge in [0.25, 0.3) is 0 Å². The van der Waals surface area contributed by atoms with Crippen LogP contribution in [0.4, 0.5) is 4.39 Å². The van der Waals surface area contributed by atoms with Crippen LogP contribution >= 0.6 is 0 Å². The number of hydrogen-bond donors (Lipinski definition) is 0. The van der Waals surface area contributed by atoms with Crippen LogP contribution in [0.5, 0.6) is 0 Å². The Hall–Kier alpha value is -1.97. The molecule has 0 N–H and O–H groups in total. The molecule has 3 nitrogen and oxygen atoms in total. The van der Waals surface area contributed by atoms with Crippen LogP contribution in [0.2, 0.25) is 0 Å². The number of esters is 1. The second-order valence-electron chi connectivity index (χ2n) is 3.07. The Labute approximate surface area is 92.5 Å². The Kier molecular flexibility index (Phi) is 4.39. The fourth-order valence-electron chi connectivity index (χ4n) is 1.20. The second-order valence-corrected chi connectivity index (χ2v) is 3.07. The summed E-state index contributed by atoms with van der Waals surface area (Å²) in [5.74, 6) is -1.11. The lowest BCUT2D eigenvalue weighted by molar-refractivity contribution is -0.107. The van der Waals surface area contributed by atoms with Crippen LogP contribution in [0.3, 0.4) is 0 Å². The highest BCUT2D eigenvalue weighted by molar-refractivity contribution is 5.90. The van der Waals surface area contributed by atoms with Crippen molar-refractivity contribution in [2.75, 3.05) is 7.11 Å². The van der Waals surface area contributed by atoms with Gasteiger partial charge in [-0.3, -0.25) is 0 Å². The van der Waals surface area contributed by atoms with Gasteiger partial charge in [-0.05, 0) is 23.8 Å². The van der Waals surface area contributed by atoms with E-state index in [-0.39, 0.29) is 12.0 Å². The lowest BCUT2D eigenvalue weighted by Crippen LogP contribution is -2.01. The zero-order valence-corrected chi connectivity index (χ0v) is 8.77. The van der Waals surface area contributed by atoms with Crippen LogP contribution in [0.1, 0.15) is 22.3 Å². The van der Waals surface area contributed by atoms with Crippen molar-refractivity contribution in [1.82, 2.24) is 0 Å². The number of ether oxygens (including phenoxy) is 1. The average molecular weight is 222 g/mol. The van der Waals surface area contributed by atoms with Gasteiger partial charge in [0.05, 0.1) is 12.7 Å². The van der Waals surface area contributed by atoms with Crippen molar-refractivity contribution in [2.24, 2.45) is 0 Å². The minimum absolute atomic E-state index is 0.147. The minimum atomic E-state index is -0.593. The highest BCUT2D eigenvalue weighted by Crippen LogP contribution is 2.12. The SMILES string of the molecule is COC(=O)c1cc(F)cc(C=CCC=O)c1. The highest BCUT2D eigenvalue weighted by Gasteiger charge is 2.07. The summed E-state index contributed by atoms with van der Waals surface area (Å²) < 4.78 is 17.6. The summed E-state index contributed by atoms with van der Waals surface area (Å²) in [4.78, 5) is 21.3. The van der Waals surface area contributed by atoms with Crippen molar-refractivity contribution in [3.63, 3.8) is 0 Å².